The van der Waals surface area contributed by atoms with Gasteiger partial charge in [0, 0.05) is 16.8 Å². The summed E-state index contributed by atoms with van der Waals surface area (Å²) in [7, 11) is 0. The number of alkyl halides is 1. The molecular formula is C14H24BrNO. The molecule has 2 aliphatic rings. The Balaban J connectivity index is 2.04. The summed E-state index contributed by atoms with van der Waals surface area (Å²) in [5.74, 6) is 0.438. The molecule has 0 radical (unpaired) electrons. The molecule has 0 spiro atoms. The van der Waals surface area contributed by atoms with Crippen LogP contribution in [0.5, 0.6) is 0 Å². The first-order valence-electron chi connectivity index (χ1n) is 6.65. The zero-order chi connectivity index (χ0) is 12.9. The van der Waals surface area contributed by atoms with Crippen LogP contribution in [0.25, 0.3) is 0 Å². The van der Waals surface area contributed by atoms with E-state index < -0.39 is 0 Å². The molecular weight excluding hydrogens is 278 g/mol. The Kier molecular flexibility index (Phi) is 3.13. The van der Waals surface area contributed by atoms with Crippen molar-refractivity contribution in [3.8, 4) is 0 Å². The molecule has 2 fully saturated rings. The van der Waals surface area contributed by atoms with E-state index in [1.54, 1.807) is 0 Å². The number of carbonyl (C=O) groups excluding carboxylic acids is 1. The second-order valence-electron chi connectivity index (χ2n) is 6.99. The Labute approximate surface area is 113 Å². The van der Waals surface area contributed by atoms with Crippen LogP contribution in [0.15, 0.2) is 0 Å². The fourth-order valence-electron chi connectivity index (χ4n) is 3.53. The number of hydrogen-bond donors (Lipinski definition) is 1. The van der Waals surface area contributed by atoms with Gasteiger partial charge in [-0.1, -0.05) is 56.5 Å². The summed E-state index contributed by atoms with van der Waals surface area (Å²) in [4.78, 5) is 12.4. The normalized spacial score (nSPS) is 29.0. The maximum absolute atomic E-state index is 12.4. The van der Waals surface area contributed by atoms with E-state index >= 15 is 0 Å². The lowest BCUT2D eigenvalue weighted by molar-refractivity contribution is -0.125. The van der Waals surface area contributed by atoms with Crippen LogP contribution < -0.4 is 5.32 Å². The summed E-state index contributed by atoms with van der Waals surface area (Å²) >= 11 is 3.57. The lowest BCUT2D eigenvalue weighted by Gasteiger charge is -2.28. The third kappa shape index (κ3) is 1.94. The maximum Gasteiger partial charge on any atom is 0.224 e. The van der Waals surface area contributed by atoms with Gasteiger partial charge in [-0.25, -0.2) is 0 Å². The number of carbonyl (C=O) groups is 1. The molecule has 2 saturated carbocycles. The van der Waals surface area contributed by atoms with Gasteiger partial charge < -0.3 is 5.32 Å². The van der Waals surface area contributed by atoms with E-state index in [2.05, 4.69) is 48.9 Å². The molecule has 98 valence electrons. The van der Waals surface area contributed by atoms with Gasteiger partial charge in [0.05, 0.1) is 0 Å². The summed E-state index contributed by atoms with van der Waals surface area (Å²) in [5, 5.41) is 4.22. The van der Waals surface area contributed by atoms with E-state index in [9.17, 15) is 4.79 Å². The van der Waals surface area contributed by atoms with Gasteiger partial charge >= 0.3 is 0 Å². The zero-order valence-corrected chi connectivity index (χ0v) is 13.0. The Bertz CT molecular complexity index is 315. The van der Waals surface area contributed by atoms with Gasteiger partial charge in [0.25, 0.3) is 0 Å². The predicted molar refractivity (Wildman–Crippen MR) is 74.2 cm³/mol. The van der Waals surface area contributed by atoms with Crippen molar-refractivity contribution in [1.82, 2.24) is 5.32 Å². The van der Waals surface area contributed by atoms with Crippen LogP contribution in [0.1, 0.15) is 53.4 Å². The maximum atomic E-state index is 12.4. The standard InChI is InChI=1S/C14H24BrNO/c1-12(2)10(13(12,3)4)11(17)16-14(9-15)7-5-6-8-14/h10H,5-9H2,1-4H3,(H,16,17). The smallest absolute Gasteiger partial charge is 0.224 e. The van der Waals surface area contributed by atoms with Gasteiger partial charge in [-0.3, -0.25) is 4.79 Å². The van der Waals surface area contributed by atoms with E-state index in [1.165, 1.54) is 12.8 Å². The number of rotatable bonds is 3. The SMILES string of the molecule is CC1(C)C(C(=O)NC2(CBr)CCCC2)C1(C)C. The number of nitrogens with one attached hydrogen (secondary N) is 1. The molecule has 0 atom stereocenters. The summed E-state index contributed by atoms with van der Waals surface area (Å²) < 4.78 is 0. The first-order chi connectivity index (χ1) is 7.77. The minimum Gasteiger partial charge on any atom is -0.350 e. The minimum absolute atomic E-state index is 0.0336. The predicted octanol–water partition coefficient (Wildman–Crippen LogP) is 3.49. The highest BCUT2D eigenvalue weighted by molar-refractivity contribution is 9.09. The molecule has 1 amide bonds. The number of amides is 1. The summed E-state index contributed by atoms with van der Waals surface area (Å²) in [5.41, 5.74) is 0.318. The zero-order valence-electron chi connectivity index (χ0n) is 11.4. The van der Waals surface area contributed by atoms with Gasteiger partial charge in [0.15, 0.2) is 0 Å². The van der Waals surface area contributed by atoms with Crippen molar-refractivity contribution in [3.05, 3.63) is 0 Å². The first kappa shape index (κ1) is 13.4. The van der Waals surface area contributed by atoms with Crippen molar-refractivity contribution in [2.75, 3.05) is 5.33 Å². The van der Waals surface area contributed by atoms with Crippen molar-refractivity contribution in [2.45, 2.75) is 58.9 Å². The second kappa shape index (κ2) is 3.97. The van der Waals surface area contributed by atoms with E-state index in [-0.39, 0.29) is 28.2 Å². The van der Waals surface area contributed by atoms with Crippen LogP contribution in [-0.4, -0.2) is 16.8 Å². The largest absolute Gasteiger partial charge is 0.350 e. The molecule has 0 unspecified atom stereocenters. The Hall–Kier alpha value is -0.0500. The third-order valence-corrected chi connectivity index (χ3v) is 6.56. The summed E-state index contributed by atoms with van der Waals surface area (Å²) in [6.45, 7) is 8.80. The van der Waals surface area contributed by atoms with Crippen LogP contribution >= 0.6 is 15.9 Å². The quantitative estimate of drug-likeness (QED) is 0.794. The number of halogens is 1. The molecule has 0 saturated heterocycles. The van der Waals surface area contributed by atoms with Gasteiger partial charge in [0.2, 0.25) is 5.91 Å². The van der Waals surface area contributed by atoms with E-state index in [1.807, 2.05) is 0 Å². The third-order valence-electron chi connectivity index (χ3n) is 5.49. The lowest BCUT2D eigenvalue weighted by Crippen LogP contribution is -2.49. The number of hydrogen-bond acceptors (Lipinski definition) is 1. The van der Waals surface area contributed by atoms with Crippen LogP contribution in [0, 0.1) is 16.7 Å². The monoisotopic (exact) mass is 301 g/mol. The Morgan fingerprint density at radius 1 is 1.18 bits per heavy atom. The molecule has 2 nitrogen and oxygen atoms in total. The highest BCUT2D eigenvalue weighted by atomic mass is 79.9. The molecule has 0 aromatic heterocycles. The van der Waals surface area contributed by atoms with E-state index in [4.69, 9.17) is 0 Å². The van der Waals surface area contributed by atoms with Crippen LogP contribution in [-0.2, 0) is 4.79 Å². The van der Waals surface area contributed by atoms with Crippen molar-refractivity contribution in [3.63, 3.8) is 0 Å². The van der Waals surface area contributed by atoms with Crippen molar-refractivity contribution in [2.24, 2.45) is 16.7 Å². The van der Waals surface area contributed by atoms with Crippen LogP contribution in [0.3, 0.4) is 0 Å². The van der Waals surface area contributed by atoms with Gasteiger partial charge in [-0.15, -0.1) is 0 Å². The Morgan fingerprint density at radius 2 is 1.65 bits per heavy atom. The molecule has 3 heteroatoms. The molecule has 17 heavy (non-hydrogen) atoms. The molecule has 2 aliphatic carbocycles. The second-order valence-corrected chi connectivity index (χ2v) is 7.55. The van der Waals surface area contributed by atoms with E-state index in [0.717, 1.165) is 18.2 Å². The van der Waals surface area contributed by atoms with Crippen molar-refractivity contribution in [1.29, 1.82) is 0 Å². The van der Waals surface area contributed by atoms with E-state index in [0.29, 0.717) is 0 Å². The highest BCUT2D eigenvalue weighted by Crippen LogP contribution is 2.68. The molecule has 0 heterocycles. The molecule has 0 aromatic rings. The van der Waals surface area contributed by atoms with Crippen molar-refractivity contribution >= 4 is 21.8 Å². The molecule has 1 N–H and O–H groups in total. The highest BCUT2D eigenvalue weighted by Gasteiger charge is 2.68. The molecule has 2 rings (SSSR count). The fraction of sp³-hybridized carbons (Fsp3) is 0.929. The summed E-state index contributed by atoms with van der Waals surface area (Å²) in [6, 6.07) is 0. The molecule has 0 bridgehead atoms. The lowest BCUT2D eigenvalue weighted by atomic mass is 9.99. The first-order valence-corrected chi connectivity index (χ1v) is 7.77. The molecule has 0 aliphatic heterocycles. The van der Waals surface area contributed by atoms with Gasteiger partial charge in [-0.2, -0.15) is 0 Å². The fourth-order valence-corrected chi connectivity index (χ4v) is 4.23. The van der Waals surface area contributed by atoms with Crippen LogP contribution in [0.4, 0.5) is 0 Å². The van der Waals surface area contributed by atoms with Crippen molar-refractivity contribution < 1.29 is 4.79 Å². The summed E-state index contributed by atoms with van der Waals surface area (Å²) in [6.07, 6.45) is 4.72. The molecule has 0 aromatic carbocycles. The average molecular weight is 302 g/mol. The Morgan fingerprint density at radius 3 is 2.00 bits per heavy atom. The van der Waals surface area contributed by atoms with Gasteiger partial charge in [-0.05, 0) is 23.7 Å². The topological polar surface area (TPSA) is 29.1 Å². The van der Waals surface area contributed by atoms with Gasteiger partial charge in [0.1, 0.15) is 0 Å². The van der Waals surface area contributed by atoms with Crippen LogP contribution in [0.2, 0.25) is 0 Å². The average Bonchev–Trinajstić information content (AvgIpc) is 2.58. The minimum atomic E-state index is 0.0336.